The lowest BCUT2D eigenvalue weighted by molar-refractivity contribution is -0.142. The molecule has 0 fully saturated rings. The topological polar surface area (TPSA) is 81.4 Å². The molecule has 0 spiro atoms. The first-order valence-corrected chi connectivity index (χ1v) is 7.47. The van der Waals surface area contributed by atoms with Gasteiger partial charge in [0.05, 0.1) is 3.79 Å². The van der Waals surface area contributed by atoms with E-state index in [0.717, 1.165) is 8.66 Å². The summed E-state index contributed by atoms with van der Waals surface area (Å²) in [7, 11) is 0. The molecule has 0 atom stereocenters. The lowest BCUT2D eigenvalue weighted by atomic mass is 10.4. The van der Waals surface area contributed by atoms with Gasteiger partial charge in [-0.15, -0.1) is 11.3 Å². The quantitative estimate of drug-likeness (QED) is 0.646. The van der Waals surface area contributed by atoms with Crippen LogP contribution in [0.4, 0.5) is 5.82 Å². The summed E-state index contributed by atoms with van der Waals surface area (Å²) in [6.07, 6.45) is 2.89. The van der Waals surface area contributed by atoms with Crippen molar-refractivity contribution in [2.24, 2.45) is 0 Å². The molecule has 1 amide bonds. The molecular weight excluding hydrogens is 360 g/mol. The number of amides is 1. The minimum Gasteiger partial charge on any atom is -0.452 e. The molecule has 6 nitrogen and oxygen atoms in total. The van der Waals surface area contributed by atoms with Crippen LogP contribution in [-0.4, -0.2) is 23.6 Å². The molecule has 2 heterocycles. The Balaban J connectivity index is 1.75. The number of rotatable bonds is 5. The van der Waals surface area contributed by atoms with Crippen LogP contribution in [-0.2, 0) is 14.3 Å². The van der Waals surface area contributed by atoms with E-state index in [1.54, 1.807) is 19.1 Å². The third-order valence-corrected chi connectivity index (χ3v) is 3.81. The zero-order valence-corrected chi connectivity index (χ0v) is 13.4. The number of ether oxygens (including phenoxy) is 1. The normalized spacial score (nSPS) is 10.8. The molecule has 2 aromatic rings. The van der Waals surface area contributed by atoms with Gasteiger partial charge in [0, 0.05) is 17.0 Å². The van der Waals surface area contributed by atoms with Gasteiger partial charge in [-0.05, 0) is 41.1 Å². The molecule has 0 saturated heterocycles. The third kappa shape index (κ3) is 5.16. The summed E-state index contributed by atoms with van der Waals surface area (Å²) in [5.41, 5.74) is 0. The Morgan fingerprint density at radius 1 is 1.52 bits per heavy atom. The largest absolute Gasteiger partial charge is 0.452 e. The van der Waals surface area contributed by atoms with E-state index in [1.165, 1.54) is 17.4 Å². The fourth-order valence-corrected chi connectivity index (χ4v) is 2.68. The van der Waals surface area contributed by atoms with Gasteiger partial charge in [0.1, 0.15) is 5.76 Å². The third-order valence-electron chi connectivity index (χ3n) is 2.22. The van der Waals surface area contributed by atoms with Crippen LogP contribution >= 0.6 is 27.3 Å². The van der Waals surface area contributed by atoms with Gasteiger partial charge in [0.25, 0.3) is 5.91 Å². The van der Waals surface area contributed by atoms with Crippen LogP contribution < -0.4 is 5.32 Å². The van der Waals surface area contributed by atoms with Crippen molar-refractivity contribution in [3.05, 3.63) is 38.7 Å². The minimum atomic E-state index is -0.592. The van der Waals surface area contributed by atoms with Crippen molar-refractivity contribution in [1.29, 1.82) is 0 Å². The fraction of sp³-hybridized carbons (Fsp3) is 0.154. The van der Waals surface area contributed by atoms with E-state index in [4.69, 9.17) is 9.26 Å². The number of thiophene rings is 1. The van der Waals surface area contributed by atoms with Crippen LogP contribution in [0.15, 0.2) is 32.6 Å². The van der Waals surface area contributed by atoms with E-state index in [0.29, 0.717) is 5.76 Å². The minimum absolute atomic E-state index is 0.285. The fourth-order valence-electron chi connectivity index (χ4n) is 1.36. The zero-order chi connectivity index (χ0) is 15.2. The molecule has 1 N–H and O–H groups in total. The van der Waals surface area contributed by atoms with Gasteiger partial charge in [0.15, 0.2) is 12.4 Å². The highest BCUT2D eigenvalue weighted by molar-refractivity contribution is 9.11. The molecule has 0 unspecified atom stereocenters. The number of hydrogen-bond acceptors (Lipinski definition) is 6. The smallest absolute Gasteiger partial charge is 0.331 e. The molecule has 0 aliphatic heterocycles. The maximum Gasteiger partial charge on any atom is 0.331 e. The second kappa shape index (κ2) is 7.19. The number of carbonyl (C=O) groups excluding carboxylic acids is 2. The predicted molar refractivity (Wildman–Crippen MR) is 81.9 cm³/mol. The first-order chi connectivity index (χ1) is 10.0. The summed E-state index contributed by atoms with van der Waals surface area (Å²) in [6, 6.07) is 5.30. The highest BCUT2D eigenvalue weighted by Gasteiger charge is 2.08. The lowest BCUT2D eigenvalue weighted by Crippen LogP contribution is -2.20. The van der Waals surface area contributed by atoms with Crippen molar-refractivity contribution >= 4 is 51.0 Å². The molecule has 0 aliphatic carbocycles. The van der Waals surface area contributed by atoms with Crippen LogP contribution in [0.3, 0.4) is 0 Å². The summed E-state index contributed by atoms with van der Waals surface area (Å²) >= 11 is 4.81. The Morgan fingerprint density at radius 3 is 2.95 bits per heavy atom. The van der Waals surface area contributed by atoms with Gasteiger partial charge in [-0.25, -0.2) is 4.79 Å². The van der Waals surface area contributed by atoms with Gasteiger partial charge < -0.3 is 14.6 Å². The summed E-state index contributed by atoms with van der Waals surface area (Å²) in [6.45, 7) is 1.32. The zero-order valence-electron chi connectivity index (χ0n) is 11.0. The van der Waals surface area contributed by atoms with E-state index in [2.05, 4.69) is 26.4 Å². The standard InChI is InChI=1S/C13H11BrN2O4S/c1-8-6-11(16-20-8)15-12(17)7-19-13(18)5-3-9-2-4-10(14)21-9/h2-6H,7H2,1H3,(H,15,16,17)/b5-3+. The summed E-state index contributed by atoms with van der Waals surface area (Å²) < 4.78 is 10.6. The SMILES string of the molecule is Cc1cc(NC(=O)COC(=O)/C=C/c2ccc(Br)s2)no1. The number of anilines is 1. The average molecular weight is 371 g/mol. The highest BCUT2D eigenvalue weighted by atomic mass is 79.9. The highest BCUT2D eigenvalue weighted by Crippen LogP contribution is 2.22. The number of carbonyl (C=O) groups is 2. The van der Waals surface area contributed by atoms with Crippen LogP contribution in [0.25, 0.3) is 6.08 Å². The van der Waals surface area contributed by atoms with Crippen molar-refractivity contribution in [2.45, 2.75) is 6.92 Å². The molecule has 0 radical (unpaired) electrons. The number of halogens is 1. The Bertz CT molecular complexity index is 677. The second-order valence-electron chi connectivity index (χ2n) is 3.95. The summed E-state index contributed by atoms with van der Waals surface area (Å²) in [5, 5.41) is 6.04. The molecule has 110 valence electrons. The Kier molecular flexibility index (Phi) is 5.29. The number of esters is 1. The lowest BCUT2D eigenvalue weighted by Gasteiger charge is -2.01. The van der Waals surface area contributed by atoms with Crippen LogP contribution in [0, 0.1) is 6.92 Å². The predicted octanol–water partition coefficient (Wildman–Crippen LogP) is 3.00. The second-order valence-corrected chi connectivity index (χ2v) is 6.45. The Morgan fingerprint density at radius 2 is 2.33 bits per heavy atom. The maximum absolute atomic E-state index is 11.5. The maximum atomic E-state index is 11.5. The number of nitrogens with zero attached hydrogens (tertiary/aromatic N) is 1. The van der Waals surface area contributed by atoms with E-state index in [1.807, 2.05) is 12.1 Å². The van der Waals surface area contributed by atoms with Gasteiger partial charge in [-0.1, -0.05) is 5.16 Å². The molecule has 0 bridgehead atoms. The van der Waals surface area contributed by atoms with E-state index in [9.17, 15) is 9.59 Å². The molecule has 2 rings (SSSR count). The number of aryl methyl sites for hydroxylation is 1. The number of aromatic nitrogens is 1. The van der Waals surface area contributed by atoms with Gasteiger partial charge in [-0.2, -0.15) is 0 Å². The van der Waals surface area contributed by atoms with E-state index >= 15 is 0 Å². The van der Waals surface area contributed by atoms with Crippen LogP contribution in [0.1, 0.15) is 10.6 Å². The molecule has 8 heteroatoms. The number of nitrogens with one attached hydrogen (secondary N) is 1. The van der Waals surface area contributed by atoms with Crippen LogP contribution in [0.2, 0.25) is 0 Å². The average Bonchev–Trinajstić information content (AvgIpc) is 3.03. The molecule has 0 saturated carbocycles. The van der Waals surface area contributed by atoms with Crippen molar-refractivity contribution < 1.29 is 18.8 Å². The van der Waals surface area contributed by atoms with Crippen molar-refractivity contribution in [3.8, 4) is 0 Å². The first kappa shape index (κ1) is 15.5. The number of hydrogen-bond donors (Lipinski definition) is 1. The van der Waals surface area contributed by atoms with Crippen molar-refractivity contribution in [3.63, 3.8) is 0 Å². The summed E-state index contributed by atoms with van der Waals surface area (Å²) in [5.74, 6) is -0.213. The van der Waals surface area contributed by atoms with Crippen LogP contribution in [0.5, 0.6) is 0 Å². The van der Waals surface area contributed by atoms with Gasteiger partial charge in [-0.3, -0.25) is 4.79 Å². The van der Waals surface area contributed by atoms with E-state index in [-0.39, 0.29) is 12.4 Å². The Labute approximate surface area is 132 Å². The molecule has 0 aliphatic rings. The summed E-state index contributed by atoms with van der Waals surface area (Å²) in [4.78, 5) is 23.9. The molecule has 2 aromatic heterocycles. The molecule has 0 aromatic carbocycles. The van der Waals surface area contributed by atoms with Crippen molar-refractivity contribution in [2.75, 3.05) is 11.9 Å². The van der Waals surface area contributed by atoms with Crippen molar-refractivity contribution in [1.82, 2.24) is 5.16 Å². The Hall–Kier alpha value is -1.93. The van der Waals surface area contributed by atoms with Gasteiger partial charge >= 0.3 is 5.97 Å². The monoisotopic (exact) mass is 370 g/mol. The van der Waals surface area contributed by atoms with E-state index < -0.39 is 11.9 Å². The first-order valence-electron chi connectivity index (χ1n) is 5.86. The molecule has 21 heavy (non-hydrogen) atoms. The molecular formula is C13H11BrN2O4S. The van der Waals surface area contributed by atoms with Gasteiger partial charge in [0.2, 0.25) is 0 Å².